The Labute approximate surface area is 150 Å². The zero-order valence-electron chi connectivity index (χ0n) is 14.2. The lowest BCUT2D eigenvalue weighted by atomic mass is 10.1. The lowest BCUT2D eigenvalue weighted by Crippen LogP contribution is -2.11. The maximum Gasteiger partial charge on any atom is 0.225 e. The molecule has 130 valence electrons. The summed E-state index contributed by atoms with van der Waals surface area (Å²) in [5.74, 6) is 1.94. The van der Waals surface area contributed by atoms with Gasteiger partial charge >= 0.3 is 0 Å². The molecule has 0 aliphatic heterocycles. The predicted octanol–water partition coefficient (Wildman–Crippen LogP) is 4.06. The van der Waals surface area contributed by atoms with E-state index >= 15 is 0 Å². The van der Waals surface area contributed by atoms with E-state index in [1.165, 1.54) is 0 Å². The minimum atomic E-state index is -0.0781. The van der Waals surface area contributed by atoms with Crippen LogP contribution in [0.15, 0.2) is 36.4 Å². The number of nitrogens with two attached hydrogens (primary N) is 1. The smallest absolute Gasteiger partial charge is 0.225 e. The molecule has 0 aliphatic rings. The molecule has 0 saturated heterocycles. The Bertz CT molecular complexity index is 917. The first kappa shape index (κ1) is 17.1. The summed E-state index contributed by atoms with van der Waals surface area (Å²) in [6.07, 6.45) is 0. The molecular formula is C18H19ClN4O2. The number of nitrogens with one attached hydrogen (secondary N) is 1. The van der Waals surface area contributed by atoms with Crippen molar-refractivity contribution in [2.24, 2.45) is 0 Å². The van der Waals surface area contributed by atoms with Crippen molar-refractivity contribution in [3.05, 3.63) is 47.0 Å². The fourth-order valence-corrected chi connectivity index (χ4v) is 2.94. The molecule has 0 bridgehead atoms. The number of aromatic nitrogens is 2. The lowest BCUT2D eigenvalue weighted by Gasteiger charge is -2.17. The largest absolute Gasteiger partial charge is 0.493 e. The lowest BCUT2D eigenvalue weighted by molar-refractivity contribution is 0.356. The van der Waals surface area contributed by atoms with Crippen molar-refractivity contribution >= 4 is 34.3 Å². The van der Waals surface area contributed by atoms with Crippen molar-refractivity contribution < 1.29 is 9.47 Å². The molecule has 3 aromatic rings. The van der Waals surface area contributed by atoms with Gasteiger partial charge in [0.1, 0.15) is 5.82 Å². The number of ether oxygens (including phenoxy) is 2. The molecule has 3 rings (SSSR count). The van der Waals surface area contributed by atoms with Crippen LogP contribution < -0.4 is 20.5 Å². The van der Waals surface area contributed by atoms with Crippen LogP contribution in [0.3, 0.4) is 0 Å². The molecule has 0 aliphatic carbocycles. The summed E-state index contributed by atoms with van der Waals surface area (Å²) in [6, 6.07) is 11.1. The summed E-state index contributed by atoms with van der Waals surface area (Å²) >= 11 is 6.25. The van der Waals surface area contributed by atoms with Crippen LogP contribution in [0.25, 0.3) is 10.9 Å². The molecule has 3 N–H and O–H groups in total. The SMILES string of the molecule is COc1cc2nc(NC(C)c3ccccc3Cl)nc(N)c2cc1OC. The van der Waals surface area contributed by atoms with E-state index in [1.807, 2.05) is 31.2 Å². The molecule has 0 saturated carbocycles. The van der Waals surface area contributed by atoms with E-state index < -0.39 is 0 Å². The van der Waals surface area contributed by atoms with E-state index in [0.717, 1.165) is 5.56 Å². The summed E-state index contributed by atoms with van der Waals surface area (Å²) in [6.45, 7) is 1.99. The zero-order valence-corrected chi connectivity index (χ0v) is 15.0. The van der Waals surface area contributed by atoms with E-state index in [-0.39, 0.29) is 6.04 Å². The summed E-state index contributed by atoms with van der Waals surface area (Å²) in [5, 5.41) is 4.62. The van der Waals surface area contributed by atoms with Crippen molar-refractivity contribution in [3.8, 4) is 11.5 Å². The number of benzene rings is 2. The van der Waals surface area contributed by atoms with Gasteiger partial charge in [0.2, 0.25) is 5.95 Å². The molecule has 0 amide bonds. The van der Waals surface area contributed by atoms with E-state index in [2.05, 4.69) is 15.3 Å². The van der Waals surface area contributed by atoms with Gasteiger partial charge in [-0.3, -0.25) is 0 Å². The third-order valence-electron chi connectivity index (χ3n) is 3.95. The van der Waals surface area contributed by atoms with Crippen LogP contribution in [0, 0.1) is 0 Å². The molecule has 1 heterocycles. The van der Waals surface area contributed by atoms with Gasteiger partial charge in [0.05, 0.1) is 25.8 Å². The summed E-state index contributed by atoms with van der Waals surface area (Å²) < 4.78 is 10.6. The van der Waals surface area contributed by atoms with Crippen LogP contribution in [0.2, 0.25) is 5.02 Å². The topological polar surface area (TPSA) is 82.3 Å². The van der Waals surface area contributed by atoms with E-state index in [9.17, 15) is 0 Å². The average Bonchev–Trinajstić information content (AvgIpc) is 2.61. The summed E-state index contributed by atoms with van der Waals surface area (Å²) in [7, 11) is 3.15. The fraction of sp³-hybridized carbons (Fsp3) is 0.222. The number of methoxy groups -OCH3 is 2. The highest BCUT2D eigenvalue weighted by Gasteiger charge is 2.14. The number of nitrogens with zero attached hydrogens (tertiary/aromatic N) is 2. The number of fused-ring (bicyclic) bond motifs is 1. The highest BCUT2D eigenvalue weighted by atomic mass is 35.5. The van der Waals surface area contributed by atoms with Crippen LogP contribution in [0.1, 0.15) is 18.5 Å². The number of halogens is 1. The molecule has 6 nitrogen and oxygen atoms in total. The monoisotopic (exact) mass is 358 g/mol. The second kappa shape index (κ2) is 7.03. The fourth-order valence-electron chi connectivity index (χ4n) is 2.64. The Morgan fingerprint density at radius 2 is 1.76 bits per heavy atom. The van der Waals surface area contributed by atoms with E-state index in [0.29, 0.717) is 39.2 Å². The molecule has 7 heteroatoms. The second-order valence-electron chi connectivity index (χ2n) is 5.54. The van der Waals surface area contributed by atoms with Crippen molar-refractivity contribution in [1.29, 1.82) is 0 Å². The van der Waals surface area contributed by atoms with E-state index in [1.54, 1.807) is 26.4 Å². The highest BCUT2D eigenvalue weighted by molar-refractivity contribution is 6.31. The van der Waals surface area contributed by atoms with Crippen molar-refractivity contribution in [2.45, 2.75) is 13.0 Å². The molecule has 2 aromatic carbocycles. The van der Waals surface area contributed by atoms with Gasteiger partial charge in [-0.05, 0) is 24.6 Å². The first-order valence-electron chi connectivity index (χ1n) is 7.73. The molecule has 1 atom stereocenters. The number of rotatable bonds is 5. The Kier molecular flexibility index (Phi) is 4.81. The van der Waals surface area contributed by atoms with Crippen LogP contribution in [0.4, 0.5) is 11.8 Å². The third kappa shape index (κ3) is 3.39. The standard InChI is InChI=1S/C18H19ClN4O2/c1-10(11-6-4-5-7-13(11)19)21-18-22-14-9-16(25-3)15(24-2)8-12(14)17(20)23-18/h4-10H,1-3H3,(H3,20,21,22,23). The quantitative estimate of drug-likeness (QED) is 0.715. The van der Waals surface area contributed by atoms with Crippen molar-refractivity contribution in [2.75, 3.05) is 25.3 Å². The number of nitrogen functional groups attached to an aromatic ring is 1. The molecule has 0 spiro atoms. The second-order valence-corrected chi connectivity index (χ2v) is 5.95. The average molecular weight is 359 g/mol. The maximum atomic E-state index is 6.25. The van der Waals surface area contributed by atoms with Gasteiger partial charge in [-0.2, -0.15) is 4.98 Å². The first-order valence-corrected chi connectivity index (χ1v) is 8.11. The van der Waals surface area contributed by atoms with Crippen molar-refractivity contribution in [1.82, 2.24) is 9.97 Å². The highest BCUT2D eigenvalue weighted by Crippen LogP contribution is 2.34. The van der Waals surface area contributed by atoms with Gasteiger partial charge in [-0.25, -0.2) is 4.98 Å². The molecule has 1 aromatic heterocycles. The number of hydrogen-bond donors (Lipinski definition) is 2. The van der Waals surface area contributed by atoms with Gasteiger partial charge in [-0.15, -0.1) is 0 Å². The molecular weight excluding hydrogens is 340 g/mol. The van der Waals surface area contributed by atoms with Crippen LogP contribution in [0.5, 0.6) is 11.5 Å². The van der Waals surface area contributed by atoms with Gasteiger partial charge in [0.25, 0.3) is 0 Å². The minimum Gasteiger partial charge on any atom is -0.493 e. The molecule has 1 unspecified atom stereocenters. The van der Waals surface area contributed by atoms with Gasteiger partial charge < -0.3 is 20.5 Å². The minimum absolute atomic E-state index is 0.0781. The first-order chi connectivity index (χ1) is 12.0. The third-order valence-corrected chi connectivity index (χ3v) is 4.29. The normalized spacial score (nSPS) is 12.0. The summed E-state index contributed by atoms with van der Waals surface area (Å²) in [4.78, 5) is 8.88. The summed E-state index contributed by atoms with van der Waals surface area (Å²) in [5.41, 5.74) is 7.73. The van der Waals surface area contributed by atoms with Crippen LogP contribution in [-0.2, 0) is 0 Å². The maximum absolute atomic E-state index is 6.25. The molecule has 0 fully saturated rings. The zero-order chi connectivity index (χ0) is 18.0. The Balaban J connectivity index is 1.99. The van der Waals surface area contributed by atoms with Gasteiger partial charge in [0.15, 0.2) is 11.5 Å². The van der Waals surface area contributed by atoms with Crippen LogP contribution in [-0.4, -0.2) is 24.2 Å². The molecule has 0 radical (unpaired) electrons. The van der Waals surface area contributed by atoms with E-state index in [4.69, 9.17) is 26.8 Å². The van der Waals surface area contributed by atoms with Gasteiger partial charge in [-0.1, -0.05) is 29.8 Å². The Hall–Kier alpha value is -2.73. The van der Waals surface area contributed by atoms with Crippen molar-refractivity contribution in [3.63, 3.8) is 0 Å². The Morgan fingerprint density at radius 1 is 1.08 bits per heavy atom. The Morgan fingerprint density at radius 3 is 2.44 bits per heavy atom. The number of anilines is 2. The predicted molar refractivity (Wildman–Crippen MR) is 101 cm³/mol. The number of hydrogen-bond acceptors (Lipinski definition) is 6. The molecule has 25 heavy (non-hydrogen) atoms. The van der Waals surface area contributed by atoms with Crippen LogP contribution >= 0.6 is 11.6 Å². The van der Waals surface area contributed by atoms with Gasteiger partial charge in [0, 0.05) is 16.5 Å².